The van der Waals surface area contributed by atoms with Gasteiger partial charge in [-0.1, -0.05) is 12.1 Å². The predicted octanol–water partition coefficient (Wildman–Crippen LogP) is 3.82. The summed E-state index contributed by atoms with van der Waals surface area (Å²) >= 11 is 0. The highest BCUT2D eigenvalue weighted by Crippen LogP contribution is 2.43. The van der Waals surface area contributed by atoms with Crippen molar-refractivity contribution >= 4 is 12.0 Å². The van der Waals surface area contributed by atoms with Crippen molar-refractivity contribution in [3.63, 3.8) is 0 Å². The average molecular weight is 444 g/mol. The molecule has 172 valence electrons. The second-order valence-electron chi connectivity index (χ2n) is 9.70. The Morgan fingerprint density at radius 2 is 2.06 bits per heavy atom. The van der Waals surface area contributed by atoms with Crippen molar-refractivity contribution in [3.05, 3.63) is 48.2 Å². The smallest absolute Gasteiger partial charge is 0.411 e. The van der Waals surface area contributed by atoms with Crippen LogP contribution in [0.4, 0.5) is 9.18 Å². The highest BCUT2D eigenvalue weighted by Gasteiger charge is 2.52. The number of likely N-dealkylation sites (tertiary alicyclic amines) is 1. The molecule has 4 rings (SSSR count). The molecule has 1 aromatic carbocycles. The molecule has 2 aliphatic rings. The van der Waals surface area contributed by atoms with E-state index < -0.39 is 29.7 Å². The number of nitrogens with two attached hydrogens (primary N) is 1. The lowest BCUT2D eigenvalue weighted by Gasteiger charge is -2.36. The van der Waals surface area contributed by atoms with Crippen LogP contribution in [-0.4, -0.2) is 40.8 Å². The highest BCUT2D eigenvalue weighted by molar-refractivity contribution is 5.87. The topological polar surface area (TPSA) is 97.8 Å². The Bertz CT molecular complexity index is 986. The molecular formula is C24H30FN3O4. The molecule has 2 bridgehead atoms. The van der Waals surface area contributed by atoms with Gasteiger partial charge in [-0.15, -0.1) is 0 Å². The van der Waals surface area contributed by atoms with E-state index in [1.54, 1.807) is 50.1 Å². The fourth-order valence-corrected chi connectivity index (χ4v) is 4.78. The van der Waals surface area contributed by atoms with E-state index in [9.17, 15) is 14.0 Å². The number of nitrogens with zero attached hydrogens (tertiary/aromatic N) is 1. The number of carbonyl (C=O) groups is 2. The molecular weight excluding hydrogens is 413 g/mol. The molecule has 1 aliphatic heterocycles. The summed E-state index contributed by atoms with van der Waals surface area (Å²) < 4.78 is 25.2. The van der Waals surface area contributed by atoms with Crippen molar-refractivity contribution in [2.24, 2.45) is 11.7 Å². The monoisotopic (exact) mass is 443 g/mol. The largest absolute Gasteiger partial charge is 0.472 e. The van der Waals surface area contributed by atoms with Gasteiger partial charge >= 0.3 is 6.09 Å². The third-order valence-electron chi connectivity index (χ3n) is 6.13. The van der Waals surface area contributed by atoms with Crippen LogP contribution in [-0.2, 0) is 16.0 Å². The van der Waals surface area contributed by atoms with Gasteiger partial charge in [-0.25, -0.2) is 9.18 Å². The summed E-state index contributed by atoms with van der Waals surface area (Å²) in [6.45, 7) is 5.41. The van der Waals surface area contributed by atoms with Gasteiger partial charge in [0, 0.05) is 18.0 Å². The van der Waals surface area contributed by atoms with Crippen molar-refractivity contribution in [1.29, 1.82) is 0 Å². The van der Waals surface area contributed by atoms with Gasteiger partial charge in [-0.3, -0.25) is 9.69 Å². The molecule has 2 heterocycles. The van der Waals surface area contributed by atoms with Crippen LogP contribution in [0.2, 0.25) is 0 Å². The third kappa shape index (κ3) is 4.65. The zero-order valence-electron chi connectivity index (χ0n) is 18.6. The number of rotatable bonds is 5. The van der Waals surface area contributed by atoms with Crippen LogP contribution in [0.5, 0.6) is 0 Å². The molecule has 1 aromatic heterocycles. The number of hydrogen-bond donors (Lipinski definition) is 2. The number of hydrogen-bond acceptors (Lipinski definition) is 5. The summed E-state index contributed by atoms with van der Waals surface area (Å²) in [7, 11) is 0. The molecule has 7 nitrogen and oxygen atoms in total. The maximum Gasteiger partial charge on any atom is 0.411 e. The van der Waals surface area contributed by atoms with Crippen LogP contribution >= 0.6 is 0 Å². The van der Waals surface area contributed by atoms with E-state index in [1.807, 2.05) is 0 Å². The number of halogens is 1. The first kappa shape index (κ1) is 22.3. The number of benzene rings is 1. The first-order valence-electron chi connectivity index (χ1n) is 11.0. The quantitative estimate of drug-likeness (QED) is 0.685. The number of nitrogens with one attached hydrogen (secondary N) is 1. The number of carbonyl (C=O) groups excluding carboxylic acids is 2. The summed E-state index contributed by atoms with van der Waals surface area (Å²) in [5.74, 6) is -0.625. The van der Waals surface area contributed by atoms with E-state index in [1.165, 1.54) is 12.3 Å². The molecule has 1 aliphatic carbocycles. The number of piperidine rings is 1. The molecule has 4 atom stereocenters. The SMILES string of the molecule is CC(C)(C)OC(=O)N1[C@@H]2CC[C@@H](C2)[C@H]1C(=O)NC(N)Cc1ccc(-c2ccoc2)cc1F. The van der Waals surface area contributed by atoms with E-state index >= 15 is 0 Å². The number of furan rings is 1. The lowest BCUT2D eigenvalue weighted by molar-refractivity contribution is -0.128. The summed E-state index contributed by atoms with van der Waals surface area (Å²) in [5.41, 5.74) is 7.40. The number of ether oxygens (including phenoxy) is 1. The lowest BCUT2D eigenvalue weighted by Crippen LogP contribution is -2.57. The molecule has 2 aromatic rings. The maximum absolute atomic E-state index is 14.6. The maximum atomic E-state index is 14.6. The summed E-state index contributed by atoms with van der Waals surface area (Å²) in [6, 6.07) is 6.03. The zero-order valence-corrected chi connectivity index (χ0v) is 18.6. The normalized spacial score (nSPS) is 23.3. The van der Waals surface area contributed by atoms with Gasteiger partial charge in [-0.2, -0.15) is 0 Å². The van der Waals surface area contributed by atoms with Crippen LogP contribution in [0.15, 0.2) is 41.2 Å². The van der Waals surface area contributed by atoms with Gasteiger partial charge in [0.2, 0.25) is 5.91 Å². The Kier molecular flexibility index (Phi) is 5.99. The molecule has 0 spiro atoms. The van der Waals surface area contributed by atoms with E-state index in [0.717, 1.165) is 24.8 Å². The molecule has 3 N–H and O–H groups in total. The third-order valence-corrected chi connectivity index (χ3v) is 6.13. The molecule has 1 saturated carbocycles. The first-order valence-corrected chi connectivity index (χ1v) is 11.0. The molecule has 1 saturated heterocycles. The molecule has 2 amide bonds. The second-order valence-corrected chi connectivity index (χ2v) is 9.70. The molecule has 0 radical (unpaired) electrons. The molecule has 2 fully saturated rings. The summed E-state index contributed by atoms with van der Waals surface area (Å²) in [4.78, 5) is 27.4. The molecule has 1 unspecified atom stereocenters. The minimum atomic E-state index is -0.781. The minimum Gasteiger partial charge on any atom is -0.472 e. The van der Waals surface area contributed by atoms with Crippen LogP contribution < -0.4 is 11.1 Å². The van der Waals surface area contributed by atoms with Crippen LogP contribution in [0, 0.1) is 11.7 Å². The zero-order chi connectivity index (χ0) is 23.0. The van der Waals surface area contributed by atoms with Gasteiger partial charge in [0.15, 0.2) is 0 Å². The van der Waals surface area contributed by atoms with Gasteiger partial charge in [-0.05, 0) is 69.2 Å². The Morgan fingerprint density at radius 3 is 2.72 bits per heavy atom. The highest BCUT2D eigenvalue weighted by atomic mass is 19.1. The lowest BCUT2D eigenvalue weighted by atomic mass is 9.97. The number of fused-ring (bicyclic) bond motifs is 2. The van der Waals surface area contributed by atoms with Crippen LogP contribution in [0.1, 0.15) is 45.6 Å². The second kappa shape index (κ2) is 8.58. The Morgan fingerprint density at radius 1 is 1.28 bits per heavy atom. The van der Waals surface area contributed by atoms with Gasteiger partial charge in [0.05, 0.1) is 18.7 Å². The van der Waals surface area contributed by atoms with Crippen molar-refractivity contribution in [3.8, 4) is 11.1 Å². The Balaban J connectivity index is 1.41. The van der Waals surface area contributed by atoms with Gasteiger partial charge in [0.1, 0.15) is 17.5 Å². The average Bonchev–Trinajstić information content (AvgIpc) is 3.45. The fraction of sp³-hybridized carbons (Fsp3) is 0.500. The van der Waals surface area contributed by atoms with Gasteiger partial charge in [0.25, 0.3) is 0 Å². The van der Waals surface area contributed by atoms with Crippen molar-refractivity contribution in [2.75, 3.05) is 0 Å². The Labute approximate surface area is 187 Å². The first-order chi connectivity index (χ1) is 15.1. The standard InChI is InChI=1S/C24H30FN3O4/c1-24(2,3)32-23(30)28-18-7-6-16(10-18)21(28)22(29)27-20(26)12-15-5-4-14(11-19(15)25)17-8-9-31-13-17/h4-5,8-9,11,13,16,18,20-21H,6-7,10,12,26H2,1-3H3,(H,27,29)/t16-,18+,20?,21-/m0/s1. The molecule has 32 heavy (non-hydrogen) atoms. The van der Waals surface area contributed by atoms with Crippen LogP contribution in [0.3, 0.4) is 0 Å². The molecule has 8 heteroatoms. The minimum absolute atomic E-state index is 0.00901. The van der Waals surface area contributed by atoms with Crippen molar-refractivity contribution < 1.29 is 23.1 Å². The van der Waals surface area contributed by atoms with Gasteiger partial charge < -0.3 is 20.2 Å². The van der Waals surface area contributed by atoms with Crippen LogP contribution in [0.25, 0.3) is 11.1 Å². The van der Waals surface area contributed by atoms with E-state index in [0.29, 0.717) is 11.1 Å². The number of amides is 2. The predicted molar refractivity (Wildman–Crippen MR) is 117 cm³/mol. The summed E-state index contributed by atoms with van der Waals surface area (Å²) in [6.07, 6.45) is 4.51. The van der Waals surface area contributed by atoms with E-state index in [4.69, 9.17) is 14.9 Å². The Hall–Kier alpha value is -2.87. The van der Waals surface area contributed by atoms with Crippen molar-refractivity contribution in [1.82, 2.24) is 10.2 Å². The summed E-state index contributed by atoms with van der Waals surface area (Å²) in [5, 5.41) is 2.78. The van der Waals surface area contributed by atoms with Crippen molar-refractivity contribution in [2.45, 2.75) is 70.3 Å². The van der Waals surface area contributed by atoms with E-state index in [-0.39, 0.29) is 24.3 Å². The van der Waals surface area contributed by atoms with E-state index in [2.05, 4.69) is 5.32 Å². The fourth-order valence-electron chi connectivity index (χ4n) is 4.78.